The molecule has 12 heteroatoms. The lowest BCUT2D eigenvalue weighted by Crippen LogP contribution is -2.60. The first kappa shape index (κ1) is 29.7. The first-order chi connectivity index (χ1) is 18.6. The van der Waals surface area contributed by atoms with E-state index in [1.54, 1.807) is 36.5 Å². The Morgan fingerprint density at radius 2 is 1.54 bits per heavy atom. The summed E-state index contributed by atoms with van der Waals surface area (Å²) in [4.78, 5) is 53.9. The van der Waals surface area contributed by atoms with E-state index in [-0.39, 0.29) is 18.6 Å². The number of aliphatic hydroxyl groups is 1. The largest absolute Gasteiger partial charge is 0.480 e. The second-order valence-electron chi connectivity index (χ2n) is 9.23. The van der Waals surface area contributed by atoms with Crippen molar-refractivity contribution in [2.24, 2.45) is 5.73 Å². The number of aliphatic hydroxyl groups excluding tert-OH is 1. The Morgan fingerprint density at radius 1 is 0.897 bits per heavy atom. The van der Waals surface area contributed by atoms with Gasteiger partial charge in [0.05, 0.1) is 12.1 Å². The van der Waals surface area contributed by atoms with Crippen LogP contribution in [0, 0.1) is 0 Å². The first-order valence-corrected chi connectivity index (χ1v) is 13.0. The van der Waals surface area contributed by atoms with Crippen LogP contribution in [0.5, 0.6) is 0 Å². The number of hydrogen-bond acceptors (Lipinski definition) is 7. The number of thiol groups is 1. The standard InChI is InChI=1S/C27H33N5O6S/c1-15(33)23(32-24(34)19(28)14-39)26(36)30-21(11-16-7-3-2-4-8-16)25(35)31-22(27(37)38)12-17-13-29-20-10-6-5-9-18(17)20/h2-10,13,15,19,21-23,29,33,39H,11-12,14,28H2,1H3,(H,30,36)(H,31,35)(H,32,34)(H,37,38). The Balaban J connectivity index is 1.81. The van der Waals surface area contributed by atoms with Gasteiger partial charge in [-0.2, -0.15) is 12.6 Å². The molecule has 0 fully saturated rings. The highest BCUT2D eigenvalue weighted by molar-refractivity contribution is 7.80. The maximum absolute atomic E-state index is 13.4. The van der Waals surface area contributed by atoms with E-state index in [0.29, 0.717) is 11.1 Å². The fraction of sp³-hybridized carbons (Fsp3) is 0.333. The van der Waals surface area contributed by atoms with Crippen LogP contribution in [0.15, 0.2) is 60.8 Å². The molecule has 0 spiro atoms. The molecule has 0 aliphatic rings. The maximum Gasteiger partial charge on any atom is 0.326 e. The molecule has 0 radical (unpaired) electrons. The summed E-state index contributed by atoms with van der Waals surface area (Å²) in [6.07, 6.45) is 0.427. The van der Waals surface area contributed by atoms with Gasteiger partial charge in [-0.05, 0) is 24.1 Å². The molecular weight excluding hydrogens is 522 g/mol. The van der Waals surface area contributed by atoms with Gasteiger partial charge in [0, 0.05) is 35.7 Å². The number of H-pyrrole nitrogens is 1. The number of benzene rings is 2. The van der Waals surface area contributed by atoms with Crippen molar-refractivity contribution in [1.29, 1.82) is 0 Å². The van der Waals surface area contributed by atoms with Crippen molar-refractivity contribution in [3.05, 3.63) is 71.9 Å². The number of carbonyl (C=O) groups is 4. The minimum atomic E-state index is -1.41. The van der Waals surface area contributed by atoms with Gasteiger partial charge < -0.3 is 36.9 Å². The molecule has 0 bridgehead atoms. The van der Waals surface area contributed by atoms with E-state index in [1.165, 1.54) is 6.92 Å². The molecule has 11 nitrogen and oxygen atoms in total. The van der Waals surface area contributed by atoms with Crippen LogP contribution in [0.25, 0.3) is 10.9 Å². The van der Waals surface area contributed by atoms with Gasteiger partial charge in [-0.1, -0.05) is 48.5 Å². The number of aliphatic carboxylic acids is 1. The predicted molar refractivity (Wildman–Crippen MR) is 149 cm³/mol. The van der Waals surface area contributed by atoms with Gasteiger partial charge in [0.15, 0.2) is 0 Å². The van der Waals surface area contributed by atoms with E-state index < -0.39 is 54.0 Å². The third-order valence-electron chi connectivity index (χ3n) is 6.23. The van der Waals surface area contributed by atoms with E-state index in [1.807, 2.05) is 24.3 Å². The van der Waals surface area contributed by atoms with Crippen molar-refractivity contribution in [1.82, 2.24) is 20.9 Å². The third-order valence-corrected chi connectivity index (χ3v) is 6.62. The molecule has 3 amide bonds. The van der Waals surface area contributed by atoms with E-state index in [4.69, 9.17) is 5.73 Å². The fourth-order valence-electron chi connectivity index (χ4n) is 4.06. The van der Waals surface area contributed by atoms with Crippen LogP contribution in [-0.4, -0.2) is 74.9 Å². The van der Waals surface area contributed by atoms with Crippen LogP contribution < -0.4 is 21.7 Å². The van der Waals surface area contributed by atoms with Crippen molar-refractivity contribution >= 4 is 47.2 Å². The Hall–Kier alpha value is -3.87. The molecule has 5 atom stereocenters. The minimum absolute atomic E-state index is 0.00502. The van der Waals surface area contributed by atoms with Crippen molar-refractivity contribution in [2.45, 2.75) is 50.0 Å². The third kappa shape index (κ3) is 8.06. The Kier molecular flexibility index (Phi) is 10.5. The Morgan fingerprint density at radius 3 is 2.18 bits per heavy atom. The quantitative estimate of drug-likeness (QED) is 0.138. The summed E-state index contributed by atoms with van der Waals surface area (Å²) in [6, 6.07) is 11.3. The van der Waals surface area contributed by atoms with Gasteiger partial charge in [0.1, 0.15) is 18.1 Å². The predicted octanol–water partition coefficient (Wildman–Crippen LogP) is 0.130. The van der Waals surface area contributed by atoms with Gasteiger partial charge in [-0.25, -0.2) is 4.79 Å². The Bertz CT molecular complexity index is 1300. The molecule has 39 heavy (non-hydrogen) atoms. The smallest absolute Gasteiger partial charge is 0.326 e. The summed E-state index contributed by atoms with van der Waals surface area (Å²) in [5.74, 6) is -3.48. The van der Waals surface area contributed by atoms with Gasteiger partial charge in [0.2, 0.25) is 17.7 Å². The number of carboxylic acid groups (broad SMARTS) is 1. The summed E-state index contributed by atoms with van der Waals surface area (Å²) >= 11 is 3.97. The minimum Gasteiger partial charge on any atom is -0.480 e. The zero-order valence-electron chi connectivity index (χ0n) is 21.3. The molecule has 1 heterocycles. The maximum atomic E-state index is 13.4. The number of nitrogens with one attached hydrogen (secondary N) is 4. The number of rotatable bonds is 13. The number of hydrogen-bond donors (Lipinski definition) is 8. The van der Waals surface area contributed by atoms with Crippen molar-refractivity contribution < 1.29 is 29.4 Å². The molecule has 3 aromatic rings. The van der Waals surface area contributed by atoms with Crippen LogP contribution >= 0.6 is 12.6 Å². The summed E-state index contributed by atoms with van der Waals surface area (Å²) in [5, 5.41) is 28.3. The van der Waals surface area contributed by atoms with E-state index in [0.717, 1.165) is 10.9 Å². The highest BCUT2D eigenvalue weighted by atomic mass is 32.1. The summed E-state index contributed by atoms with van der Waals surface area (Å²) < 4.78 is 0. The second kappa shape index (κ2) is 13.8. The van der Waals surface area contributed by atoms with E-state index in [9.17, 15) is 29.4 Å². The molecular formula is C27H33N5O6S. The van der Waals surface area contributed by atoms with Gasteiger partial charge in [-0.15, -0.1) is 0 Å². The molecule has 2 aromatic carbocycles. The lowest BCUT2D eigenvalue weighted by molar-refractivity contribution is -0.142. The van der Waals surface area contributed by atoms with Crippen LogP contribution in [-0.2, 0) is 32.0 Å². The Labute approximate surface area is 231 Å². The number of aromatic amines is 1. The zero-order chi connectivity index (χ0) is 28.5. The molecule has 5 unspecified atom stereocenters. The van der Waals surface area contributed by atoms with Crippen LogP contribution in [0.1, 0.15) is 18.1 Å². The van der Waals surface area contributed by atoms with Crippen LogP contribution in [0.3, 0.4) is 0 Å². The van der Waals surface area contributed by atoms with E-state index >= 15 is 0 Å². The fourth-order valence-corrected chi connectivity index (χ4v) is 4.23. The van der Waals surface area contributed by atoms with Crippen LogP contribution in [0.4, 0.5) is 0 Å². The van der Waals surface area contributed by atoms with Crippen molar-refractivity contribution in [3.8, 4) is 0 Å². The number of aromatic nitrogens is 1. The van der Waals surface area contributed by atoms with E-state index in [2.05, 4.69) is 33.6 Å². The molecule has 0 aliphatic heterocycles. The molecule has 0 saturated heterocycles. The lowest BCUT2D eigenvalue weighted by Gasteiger charge is -2.26. The van der Waals surface area contributed by atoms with Gasteiger partial charge in [0.25, 0.3) is 0 Å². The van der Waals surface area contributed by atoms with Crippen LogP contribution in [0.2, 0.25) is 0 Å². The lowest BCUT2D eigenvalue weighted by atomic mass is 10.0. The normalized spacial score (nSPS) is 15.0. The molecule has 0 saturated carbocycles. The molecule has 0 aliphatic carbocycles. The average molecular weight is 556 g/mol. The first-order valence-electron chi connectivity index (χ1n) is 12.4. The number of carboxylic acids is 1. The second-order valence-corrected chi connectivity index (χ2v) is 9.60. The van der Waals surface area contributed by atoms with Crippen molar-refractivity contribution in [3.63, 3.8) is 0 Å². The van der Waals surface area contributed by atoms with Gasteiger partial charge >= 0.3 is 5.97 Å². The summed E-state index contributed by atoms with van der Waals surface area (Å²) in [6.45, 7) is 1.31. The molecule has 3 rings (SSSR count). The van der Waals surface area contributed by atoms with Gasteiger partial charge in [-0.3, -0.25) is 14.4 Å². The molecule has 208 valence electrons. The highest BCUT2D eigenvalue weighted by Gasteiger charge is 2.32. The number of para-hydroxylation sites is 1. The summed E-state index contributed by atoms with van der Waals surface area (Å²) in [7, 11) is 0. The number of amides is 3. The molecule has 1 aromatic heterocycles. The topological polar surface area (TPSA) is 187 Å². The molecule has 8 N–H and O–H groups in total. The zero-order valence-corrected chi connectivity index (χ0v) is 22.2. The number of nitrogens with two attached hydrogens (primary N) is 1. The number of carbonyl (C=O) groups excluding carboxylic acids is 3. The van der Waals surface area contributed by atoms with Crippen molar-refractivity contribution in [2.75, 3.05) is 5.75 Å². The number of fused-ring (bicyclic) bond motifs is 1. The SMILES string of the molecule is CC(O)C(NC(=O)C(N)CS)C(=O)NC(Cc1ccccc1)C(=O)NC(Cc1c[nH]c2ccccc12)C(=O)O. The highest BCUT2D eigenvalue weighted by Crippen LogP contribution is 2.19. The monoisotopic (exact) mass is 555 g/mol. The average Bonchev–Trinajstić information content (AvgIpc) is 3.33. The summed E-state index contributed by atoms with van der Waals surface area (Å²) in [5.41, 5.74) is 7.91.